The molecule has 7 heteroatoms. The molecule has 7 nitrogen and oxygen atoms in total. The zero-order valence-electron chi connectivity index (χ0n) is 15.5. The summed E-state index contributed by atoms with van der Waals surface area (Å²) in [5.41, 5.74) is 1.19. The second-order valence-corrected chi connectivity index (χ2v) is 5.93. The Morgan fingerprint density at radius 3 is 2.48 bits per heavy atom. The predicted octanol–water partition coefficient (Wildman–Crippen LogP) is 3.01. The topological polar surface area (TPSA) is 72.4 Å². The number of ether oxygens (including phenoxy) is 2. The van der Waals surface area contributed by atoms with E-state index in [1.54, 1.807) is 13.3 Å². The van der Waals surface area contributed by atoms with Gasteiger partial charge < -0.3 is 19.7 Å². The molecule has 2 aromatic carbocycles. The zero-order chi connectivity index (χ0) is 18.9. The summed E-state index contributed by atoms with van der Waals surface area (Å²) in [7, 11) is 3.58. The van der Waals surface area contributed by atoms with Gasteiger partial charge in [-0.2, -0.15) is 10.1 Å². The first-order valence-electron chi connectivity index (χ1n) is 8.70. The van der Waals surface area contributed by atoms with Gasteiger partial charge in [0.15, 0.2) is 5.82 Å². The third kappa shape index (κ3) is 5.57. The third-order valence-corrected chi connectivity index (χ3v) is 3.89. The molecule has 0 amide bonds. The molecule has 0 saturated heterocycles. The Kier molecular flexibility index (Phi) is 6.40. The van der Waals surface area contributed by atoms with E-state index >= 15 is 0 Å². The molecule has 0 unspecified atom stereocenters. The largest absolute Gasteiger partial charge is 0.497 e. The van der Waals surface area contributed by atoms with E-state index in [0.717, 1.165) is 11.5 Å². The summed E-state index contributed by atoms with van der Waals surface area (Å²) in [5.74, 6) is 2.83. The van der Waals surface area contributed by atoms with Gasteiger partial charge in [-0.15, -0.1) is 5.10 Å². The third-order valence-electron chi connectivity index (χ3n) is 3.89. The first kappa shape index (κ1) is 18.4. The van der Waals surface area contributed by atoms with Crippen LogP contribution >= 0.6 is 0 Å². The fourth-order valence-electron chi connectivity index (χ4n) is 2.49. The maximum Gasteiger partial charge on any atom is 0.247 e. The Morgan fingerprint density at radius 2 is 1.74 bits per heavy atom. The van der Waals surface area contributed by atoms with Gasteiger partial charge in [-0.1, -0.05) is 30.3 Å². The Hall–Kier alpha value is -3.35. The first-order chi connectivity index (χ1) is 13.2. The van der Waals surface area contributed by atoms with Crippen molar-refractivity contribution < 1.29 is 9.47 Å². The number of methoxy groups -OCH3 is 1. The van der Waals surface area contributed by atoms with Gasteiger partial charge in [0.25, 0.3) is 0 Å². The number of rotatable bonds is 9. The monoisotopic (exact) mass is 365 g/mol. The maximum atomic E-state index is 5.69. The highest BCUT2D eigenvalue weighted by Crippen LogP contribution is 2.17. The highest BCUT2D eigenvalue weighted by Gasteiger charge is 2.07. The number of anilines is 2. The van der Waals surface area contributed by atoms with E-state index in [0.29, 0.717) is 31.5 Å². The Morgan fingerprint density at radius 1 is 1.00 bits per heavy atom. The van der Waals surface area contributed by atoms with Gasteiger partial charge in [0.2, 0.25) is 5.95 Å². The van der Waals surface area contributed by atoms with Gasteiger partial charge in [0, 0.05) is 13.6 Å². The number of nitrogens with zero attached hydrogens (tertiary/aromatic N) is 4. The number of hydrogen-bond acceptors (Lipinski definition) is 7. The molecule has 0 saturated carbocycles. The molecule has 0 fully saturated rings. The van der Waals surface area contributed by atoms with Crippen LogP contribution in [0.25, 0.3) is 0 Å². The van der Waals surface area contributed by atoms with Crippen LogP contribution in [0.5, 0.6) is 11.5 Å². The summed E-state index contributed by atoms with van der Waals surface area (Å²) in [6, 6.07) is 17.7. The summed E-state index contributed by atoms with van der Waals surface area (Å²) in [5, 5.41) is 11.3. The molecule has 0 radical (unpaired) electrons. The van der Waals surface area contributed by atoms with E-state index in [1.165, 1.54) is 5.56 Å². The van der Waals surface area contributed by atoms with Crippen molar-refractivity contribution in [2.45, 2.75) is 6.54 Å². The Labute approximate surface area is 159 Å². The van der Waals surface area contributed by atoms with Crippen molar-refractivity contribution in [1.82, 2.24) is 15.2 Å². The second-order valence-electron chi connectivity index (χ2n) is 5.93. The molecule has 0 aliphatic rings. The number of aromatic nitrogens is 3. The van der Waals surface area contributed by atoms with Crippen LogP contribution in [-0.2, 0) is 6.54 Å². The molecule has 140 valence electrons. The lowest BCUT2D eigenvalue weighted by molar-refractivity contribution is 0.331. The molecule has 0 atom stereocenters. The van der Waals surface area contributed by atoms with Crippen molar-refractivity contribution in [3.05, 3.63) is 66.4 Å². The lowest BCUT2D eigenvalue weighted by Gasteiger charge is -2.17. The minimum absolute atomic E-state index is 0.505. The smallest absolute Gasteiger partial charge is 0.247 e. The normalized spacial score (nSPS) is 10.3. The van der Waals surface area contributed by atoms with Crippen LogP contribution in [0.2, 0.25) is 0 Å². The zero-order valence-corrected chi connectivity index (χ0v) is 15.5. The van der Waals surface area contributed by atoms with Gasteiger partial charge in [-0.05, 0) is 29.8 Å². The van der Waals surface area contributed by atoms with E-state index in [2.05, 4.69) is 32.6 Å². The van der Waals surface area contributed by atoms with Crippen molar-refractivity contribution in [2.75, 3.05) is 37.5 Å². The lowest BCUT2D eigenvalue weighted by atomic mass is 10.2. The van der Waals surface area contributed by atoms with E-state index in [1.807, 2.05) is 54.4 Å². The average Bonchev–Trinajstić information content (AvgIpc) is 2.72. The molecule has 0 aliphatic heterocycles. The molecule has 3 aromatic rings. The van der Waals surface area contributed by atoms with E-state index in [-0.39, 0.29) is 0 Å². The molecule has 3 rings (SSSR count). The fourth-order valence-corrected chi connectivity index (χ4v) is 2.49. The average molecular weight is 365 g/mol. The van der Waals surface area contributed by atoms with Crippen LogP contribution in [-0.4, -0.2) is 42.5 Å². The molecule has 0 bridgehead atoms. The number of nitrogens with one attached hydrogen (secondary N) is 1. The van der Waals surface area contributed by atoms with Gasteiger partial charge in [0.05, 0.1) is 19.9 Å². The van der Waals surface area contributed by atoms with Crippen molar-refractivity contribution >= 4 is 11.8 Å². The van der Waals surface area contributed by atoms with Gasteiger partial charge in [0.1, 0.15) is 18.1 Å². The lowest BCUT2D eigenvalue weighted by Crippen LogP contribution is -2.20. The van der Waals surface area contributed by atoms with Gasteiger partial charge in [-0.3, -0.25) is 0 Å². The summed E-state index contributed by atoms with van der Waals surface area (Å²) < 4.78 is 10.8. The van der Waals surface area contributed by atoms with Gasteiger partial charge >= 0.3 is 0 Å². The molecule has 0 aliphatic carbocycles. The molecular weight excluding hydrogens is 342 g/mol. The number of hydrogen-bond donors (Lipinski definition) is 1. The molecule has 0 spiro atoms. The number of benzene rings is 2. The molecule has 27 heavy (non-hydrogen) atoms. The second kappa shape index (κ2) is 9.38. The van der Waals surface area contributed by atoms with Crippen molar-refractivity contribution in [1.29, 1.82) is 0 Å². The molecule has 1 N–H and O–H groups in total. The van der Waals surface area contributed by atoms with Crippen LogP contribution in [0.3, 0.4) is 0 Å². The summed E-state index contributed by atoms with van der Waals surface area (Å²) in [6.07, 6.45) is 1.60. The van der Waals surface area contributed by atoms with Crippen LogP contribution < -0.4 is 19.7 Å². The van der Waals surface area contributed by atoms with Crippen molar-refractivity contribution in [3.63, 3.8) is 0 Å². The Balaban J connectivity index is 1.48. The molecule has 1 aromatic heterocycles. The van der Waals surface area contributed by atoms with Gasteiger partial charge in [-0.25, -0.2) is 0 Å². The predicted molar refractivity (Wildman–Crippen MR) is 105 cm³/mol. The van der Waals surface area contributed by atoms with E-state index in [9.17, 15) is 0 Å². The molecule has 1 heterocycles. The standard InChI is InChI=1S/C20H23N5O2/c1-25(15-16-6-4-3-5-7-16)20-23-19(14-22-24-20)21-12-13-27-18-10-8-17(26-2)9-11-18/h3-11,14H,12-13,15H2,1-2H3,(H,21,23,24). The van der Waals surface area contributed by atoms with Crippen molar-refractivity contribution in [2.24, 2.45) is 0 Å². The maximum absolute atomic E-state index is 5.69. The van der Waals surface area contributed by atoms with E-state index < -0.39 is 0 Å². The van der Waals surface area contributed by atoms with Crippen molar-refractivity contribution in [3.8, 4) is 11.5 Å². The van der Waals surface area contributed by atoms with E-state index in [4.69, 9.17) is 9.47 Å². The fraction of sp³-hybridized carbons (Fsp3) is 0.250. The van der Waals surface area contributed by atoms with Crippen LogP contribution in [0.15, 0.2) is 60.8 Å². The molecular formula is C20H23N5O2. The van der Waals surface area contributed by atoms with Crippen LogP contribution in [0.1, 0.15) is 5.56 Å². The quantitative estimate of drug-likeness (QED) is 0.584. The highest BCUT2D eigenvalue weighted by atomic mass is 16.5. The highest BCUT2D eigenvalue weighted by molar-refractivity contribution is 5.39. The van der Waals surface area contributed by atoms with Crippen LogP contribution in [0, 0.1) is 0 Å². The van der Waals surface area contributed by atoms with Crippen LogP contribution in [0.4, 0.5) is 11.8 Å². The minimum Gasteiger partial charge on any atom is -0.497 e. The first-order valence-corrected chi connectivity index (χ1v) is 8.70. The SMILES string of the molecule is COc1ccc(OCCNc2cnnc(N(C)Cc3ccccc3)n2)cc1. The summed E-state index contributed by atoms with van der Waals surface area (Å²) in [6.45, 7) is 1.82. The summed E-state index contributed by atoms with van der Waals surface area (Å²) >= 11 is 0. The summed E-state index contributed by atoms with van der Waals surface area (Å²) in [4.78, 5) is 6.46. The Bertz CT molecular complexity index is 827. The minimum atomic E-state index is 0.505.